The lowest BCUT2D eigenvalue weighted by Gasteiger charge is -2.32. The molecule has 3 heteroatoms. The summed E-state index contributed by atoms with van der Waals surface area (Å²) in [6.45, 7) is 1.17. The Bertz CT molecular complexity index is 377. The molecule has 0 radical (unpaired) electrons. The quantitative estimate of drug-likeness (QED) is 0.886. The molecular weight excluding hydrogens is 224 g/mol. The van der Waals surface area contributed by atoms with Crippen LogP contribution < -0.4 is 5.32 Å². The fourth-order valence-corrected chi connectivity index (χ4v) is 2.55. The zero-order chi connectivity index (χ0) is 12.8. The molecule has 0 aliphatic carbocycles. The monoisotopic (exact) mass is 246 g/mol. The van der Waals surface area contributed by atoms with Crippen LogP contribution in [0, 0.1) is 0 Å². The Morgan fingerprint density at radius 1 is 1.33 bits per heavy atom. The molecule has 98 valence electrons. The van der Waals surface area contributed by atoms with Crippen molar-refractivity contribution >= 4 is 11.6 Å². The Labute approximate surface area is 109 Å². The molecule has 1 aromatic carbocycles. The normalized spacial score (nSPS) is 20.6. The van der Waals surface area contributed by atoms with Crippen LogP contribution in [0.3, 0.4) is 0 Å². The number of para-hydroxylation sites is 1. The van der Waals surface area contributed by atoms with Crippen molar-refractivity contribution in [2.75, 3.05) is 18.9 Å². The number of hydrogen-bond acceptors (Lipinski definition) is 2. The number of nitrogens with zero attached hydrogens (tertiary/aromatic N) is 1. The van der Waals surface area contributed by atoms with Gasteiger partial charge in [0.15, 0.2) is 0 Å². The van der Waals surface area contributed by atoms with Gasteiger partial charge in [0.1, 0.15) is 0 Å². The molecule has 18 heavy (non-hydrogen) atoms. The Kier molecular flexibility index (Phi) is 4.76. The Balaban J connectivity index is 1.74. The van der Waals surface area contributed by atoms with Crippen molar-refractivity contribution in [1.29, 1.82) is 0 Å². The summed E-state index contributed by atoms with van der Waals surface area (Å²) in [6, 6.07) is 10.2. The molecule has 0 aromatic heterocycles. The predicted octanol–water partition coefficient (Wildman–Crippen LogP) is 2.89. The van der Waals surface area contributed by atoms with E-state index < -0.39 is 0 Å². The lowest BCUT2D eigenvalue weighted by molar-refractivity contribution is -0.116. The third-order valence-corrected chi connectivity index (χ3v) is 3.68. The Morgan fingerprint density at radius 3 is 2.83 bits per heavy atom. The summed E-state index contributed by atoms with van der Waals surface area (Å²) in [4.78, 5) is 14.2. The predicted molar refractivity (Wildman–Crippen MR) is 74.6 cm³/mol. The minimum Gasteiger partial charge on any atom is -0.326 e. The lowest BCUT2D eigenvalue weighted by Crippen LogP contribution is -2.36. The van der Waals surface area contributed by atoms with Crippen LogP contribution >= 0.6 is 0 Å². The second-order valence-electron chi connectivity index (χ2n) is 5.08. The number of anilines is 1. The smallest absolute Gasteiger partial charge is 0.224 e. The number of carbonyl (C=O) groups excluding carboxylic acids is 1. The average Bonchev–Trinajstić information content (AvgIpc) is 2.39. The van der Waals surface area contributed by atoms with Gasteiger partial charge in [-0.2, -0.15) is 0 Å². The Hall–Kier alpha value is -1.35. The van der Waals surface area contributed by atoms with Gasteiger partial charge in [0.25, 0.3) is 0 Å². The summed E-state index contributed by atoms with van der Waals surface area (Å²) >= 11 is 0. The van der Waals surface area contributed by atoms with Crippen molar-refractivity contribution in [1.82, 2.24) is 4.90 Å². The lowest BCUT2D eigenvalue weighted by atomic mass is 9.98. The number of carbonyl (C=O) groups is 1. The zero-order valence-corrected chi connectivity index (χ0v) is 11.1. The molecule has 1 saturated heterocycles. The first kappa shape index (κ1) is 13.1. The van der Waals surface area contributed by atoms with Gasteiger partial charge >= 0.3 is 0 Å². The molecule has 2 rings (SSSR count). The van der Waals surface area contributed by atoms with Gasteiger partial charge in [0.2, 0.25) is 5.91 Å². The van der Waals surface area contributed by atoms with E-state index in [1.165, 1.54) is 25.8 Å². The highest BCUT2D eigenvalue weighted by molar-refractivity contribution is 5.90. The van der Waals surface area contributed by atoms with E-state index in [0.29, 0.717) is 12.5 Å². The van der Waals surface area contributed by atoms with Crippen LogP contribution in [0.15, 0.2) is 30.3 Å². The van der Waals surface area contributed by atoms with Crippen molar-refractivity contribution in [3.05, 3.63) is 30.3 Å². The number of nitrogens with one attached hydrogen (secondary N) is 1. The van der Waals surface area contributed by atoms with Crippen molar-refractivity contribution in [2.24, 2.45) is 0 Å². The first-order valence-corrected chi connectivity index (χ1v) is 6.81. The van der Waals surface area contributed by atoms with E-state index in [1.54, 1.807) is 0 Å². The minimum absolute atomic E-state index is 0.125. The van der Waals surface area contributed by atoms with Crippen LogP contribution in [0.4, 0.5) is 5.69 Å². The van der Waals surface area contributed by atoms with Crippen LogP contribution in [0.2, 0.25) is 0 Å². The number of amides is 1. The van der Waals surface area contributed by atoms with Gasteiger partial charge in [-0.15, -0.1) is 0 Å². The fourth-order valence-electron chi connectivity index (χ4n) is 2.55. The van der Waals surface area contributed by atoms with Crippen LogP contribution in [0.5, 0.6) is 0 Å². The molecule has 0 spiro atoms. The summed E-state index contributed by atoms with van der Waals surface area (Å²) in [5, 5.41) is 2.94. The highest BCUT2D eigenvalue weighted by atomic mass is 16.1. The number of rotatable bonds is 4. The first-order valence-electron chi connectivity index (χ1n) is 6.81. The summed E-state index contributed by atoms with van der Waals surface area (Å²) in [6.07, 6.45) is 5.41. The van der Waals surface area contributed by atoms with Gasteiger partial charge in [-0.05, 0) is 45.0 Å². The van der Waals surface area contributed by atoms with Gasteiger partial charge < -0.3 is 10.2 Å². The largest absolute Gasteiger partial charge is 0.326 e. The molecule has 1 aromatic rings. The minimum atomic E-state index is 0.125. The van der Waals surface area contributed by atoms with Crippen molar-refractivity contribution in [3.63, 3.8) is 0 Å². The molecule has 1 amide bonds. The van der Waals surface area contributed by atoms with E-state index >= 15 is 0 Å². The van der Waals surface area contributed by atoms with Crippen LogP contribution in [-0.4, -0.2) is 30.4 Å². The maximum atomic E-state index is 11.8. The van der Waals surface area contributed by atoms with Crippen LogP contribution in [0.25, 0.3) is 0 Å². The van der Waals surface area contributed by atoms with E-state index in [2.05, 4.69) is 17.3 Å². The summed E-state index contributed by atoms with van der Waals surface area (Å²) in [5.41, 5.74) is 0.888. The van der Waals surface area contributed by atoms with Gasteiger partial charge in [0.05, 0.1) is 0 Å². The van der Waals surface area contributed by atoms with Gasteiger partial charge in [-0.25, -0.2) is 0 Å². The van der Waals surface area contributed by atoms with Crippen molar-refractivity contribution in [3.8, 4) is 0 Å². The summed E-state index contributed by atoms with van der Waals surface area (Å²) in [7, 11) is 2.17. The molecule has 3 nitrogen and oxygen atoms in total. The molecule has 1 atom stereocenters. The van der Waals surface area contributed by atoms with E-state index in [4.69, 9.17) is 0 Å². The molecule has 0 bridgehead atoms. The molecule has 1 heterocycles. The molecule has 1 aliphatic rings. The molecule has 0 saturated carbocycles. The van der Waals surface area contributed by atoms with Crippen LogP contribution in [-0.2, 0) is 4.79 Å². The first-order chi connectivity index (χ1) is 8.75. The second kappa shape index (κ2) is 6.55. The standard InChI is InChI=1S/C15H22N2O/c1-17-12-6-5-9-14(17)10-11-15(18)16-13-7-3-2-4-8-13/h2-4,7-8,14H,5-6,9-12H2,1H3,(H,16,18). The van der Waals surface area contributed by atoms with Crippen LogP contribution in [0.1, 0.15) is 32.1 Å². The molecule has 1 N–H and O–H groups in total. The van der Waals surface area contributed by atoms with Crippen molar-refractivity contribution in [2.45, 2.75) is 38.1 Å². The van der Waals surface area contributed by atoms with Gasteiger partial charge in [-0.3, -0.25) is 4.79 Å². The second-order valence-corrected chi connectivity index (χ2v) is 5.08. The van der Waals surface area contributed by atoms with E-state index in [-0.39, 0.29) is 5.91 Å². The third kappa shape index (κ3) is 3.84. The molecule has 1 aliphatic heterocycles. The topological polar surface area (TPSA) is 32.3 Å². The molecule has 1 unspecified atom stereocenters. The van der Waals surface area contributed by atoms with E-state index in [9.17, 15) is 4.79 Å². The van der Waals surface area contributed by atoms with Gasteiger partial charge in [0, 0.05) is 18.2 Å². The average molecular weight is 246 g/mol. The number of benzene rings is 1. The molecular formula is C15H22N2O. The SMILES string of the molecule is CN1CCCCC1CCC(=O)Nc1ccccc1. The van der Waals surface area contributed by atoms with E-state index in [1.807, 2.05) is 30.3 Å². The van der Waals surface area contributed by atoms with E-state index in [0.717, 1.165) is 12.1 Å². The molecule has 1 fully saturated rings. The maximum absolute atomic E-state index is 11.8. The number of piperidine rings is 1. The third-order valence-electron chi connectivity index (χ3n) is 3.68. The zero-order valence-electron chi connectivity index (χ0n) is 11.1. The Morgan fingerprint density at radius 2 is 2.11 bits per heavy atom. The summed E-state index contributed by atoms with van der Waals surface area (Å²) in [5.74, 6) is 0.125. The number of likely N-dealkylation sites (tertiary alicyclic amines) is 1. The highest BCUT2D eigenvalue weighted by Gasteiger charge is 2.19. The maximum Gasteiger partial charge on any atom is 0.224 e. The van der Waals surface area contributed by atoms with Crippen molar-refractivity contribution < 1.29 is 4.79 Å². The van der Waals surface area contributed by atoms with Gasteiger partial charge in [-0.1, -0.05) is 24.6 Å². The highest BCUT2D eigenvalue weighted by Crippen LogP contribution is 2.19. The number of hydrogen-bond donors (Lipinski definition) is 1. The fraction of sp³-hybridized carbons (Fsp3) is 0.533. The summed E-state index contributed by atoms with van der Waals surface area (Å²) < 4.78 is 0.